The minimum absolute atomic E-state index is 0.0324. The van der Waals surface area contributed by atoms with E-state index < -0.39 is 0 Å². The first-order chi connectivity index (χ1) is 11.8. The van der Waals surface area contributed by atoms with Gasteiger partial charge in [-0.05, 0) is 36.8 Å². The highest BCUT2D eigenvalue weighted by molar-refractivity contribution is 7.09. The monoisotopic (exact) mass is 346 g/mol. The summed E-state index contributed by atoms with van der Waals surface area (Å²) in [5.74, 6) is 0.637. The van der Waals surface area contributed by atoms with Gasteiger partial charge in [-0.25, -0.2) is 4.98 Å². The predicted molar refractivity (Wildman–Crippen MR) is 93.3 cm³/mol. The molecule has 1 fully saturated rings. The van der Waals surface area contributed by atoms with Gasteiger partial charge in [-0.15, -0.1) is 11.3 Å². The molecule has 3 heterocycles. The molecular weight excluding hydrogens is 324 g/mol. The van der Waals surface area contributed by atoms with Crippen molar-refractivity contribution in [1.82, 2.24) is 10.3 Å². The fourth-order valence-corrected chi connectivity index (χ4v) is 3.47. The number of rotatable bonds is 7. The number of ether oxygens (including phenoxy) is 2. The van der Waals surface area contributed by atoms with Crippen molar-refractivity contribution in [3.63, 3.8) is 0 Å². The van der Waals surface area contributed by atoms with Crippen LogP contribution in [0.5, 0.6) is 5.88 Å². The third kappa shape index (κ3) is 5.04. The minimum atomic E-state index is -0.199. The largest absolute Gasteiger partial charge is 0.470 e. The van der Waals surface area contributed by atoms with Crippen molar-refractivity contribution in [2.24, 2.45) is 0 Å². The Kier molecular flexibility index (Phi) is 6.20. The van der Waals surface area contributed by atoms with E-state index in [0.717, 1.165) is 19.3 Å². The molecule has 5 nitrogen and oxygen atoms in total. The van der Waals surface area contributed by atoms with Crippen molar-refractivity contribution >= 4 is 17.2 Å². The van der Waals surface area contributed by atoms with Gasteiger partial charge in [0.2, 0.25) is 11.8 Å². The van der Waals surface area contributed by atoms with Gasteiger partial charge in [0.05, 0.1) is 12.6 Å². The van der Waals surface area contributed by atoms with Crippen LogP contribution in [-0.4, -0.2) is 36.3 Å². The van der Waals surface area contributed by atoms with Crippen LogP contribution in [0.3, 0.4) is 0 Å². The summed E-state index contributed by atoms with van der Waals surface area (Å²) in [5, 5.41) is 5.17. The van der Waals surface area contributed by atoms with Crippen molar-refractivity contribution in [2.75, 3.05) is 13.2 Å². The maximum absolute atomic E-state index is 12.2. The number of nitrogens with one attached hydrogen (secondary N) is 1. The van der Waals surface area contributed by atoms with Gasteiger partial charge in [0.15, 0.2) is 0 Å². The molecule has 2 aromatic rings. The highest BCUT2D eigenvalue weighted by Gasteiger charge is 2.29. The maximum atomic E-state index is 12.2. The lowest BCUT2D eigenvalue weighted by molar-refractivity contribution is -0.124. The zero-order valence-electron chi connectivity index (χ0n) is 13.5. The molecule has 1 amide bonds. The molecule has 128 valence electrons. The third-order valence-corrected chi connectivity index (χ3v) is 4.90. The first kappa shape index (κ1) is 16.9. The molecule has 0 unspecified atom stereocenters. The molecule has 1 aliphatic rings. The standard InChI is InChI=1S/C18H22N2O3S/c21-17(7-3-5-14-6-4-12-24-14)20-15-9-11-22-13-16(15)23-18-8-1-2-10-19-18/h1-2,4,6,8,10,12,15-16H,3,5,7,9,11,13H2,(H,20,21)/t15-,16-/m1/s1. The van der Waals surface area contributed by atoms with Gasteiger partial charge in [0.1, 0.15) is 6.10 Å². The normalized spacial score (nSPS) is 20.5. The summed E-state index contributed by atoms with van der Waals surface area (Å²) in [4.78, 5) is 17.7. The van der Waals surface area contributed by atoms with Crippen LogP contribution in [0, 0.1) is 0 Å². The Morgan fingerprint density at radius 2 is 2.33 bits per heavy atom. The minimum Gasteiger partial charge on any atom is -0.470 e. The molecule has 3 rings (SSSR count). The molecule has 0 aromatic carbocycles. The second-order valence-corrected chi connectivity index (χ2v) is 6.83. The lowest BCUT2D eigenvalue weighted by atomic mass is 10.1. The second kappa shape index (κ2) is 8.80. The molecule has 24 heavy (non-hydrogen) atoms. The van der Waals surface area contributed by atoms with E-state index in [1.54, 1.807) is 17.5 Å². The highest BCUT2D eigenvalue weighted by Crippen LogP contribution is 2.16. The van der Waals surface area contributed by atoms with Crippen molar-refractivity contribution < 1.29 is 14.3 Å². The van der Waals surface area contributed by atoms with Gasteiger partial charge in [0.25, 0.3) is 0 Å². The van der Waals surface area contributed by atoms with Crippen LogP contribution in [0.2, 0.25) is 0 Å². The summed E-state index contributed by atoms with van der Waals surface area (Å²) in [6.45, 7) is 1.11. The Morgan fingerprint density at radius 1 is 1.38 bits per heavy atom. The molecule has 6 heteroatoms. The van der Waals surface area contributed by atoms with Crippen molar-refractivity contribution in [2.45, 2.75) is 37.8 Å². The number of pyridine rings is 1. The highest BCUT2D eigenvalue weighted by atomic mass is 32.1. The molecular formula is C18H22N2O3S. The molecule has 2 atom stereocenters. The van der Waals surface area contributed by atoms with Crippen LogP contribution in [0.4, 0.5) is 0 Å². The fraction of sp³-hybridized carbons (Fsp3) is 0.444. The van der Waals surface area contributed by atoms with Crippen LogP contribution in [0.25, 0.3) is 0 Å². The van der Waals surface area contributed by atoms with E-state index in [4.69, 9.17) is 9.47 Å². The molecule has 0 aliphatic carbocycles. The summed E-state index contributed by atoms with van der Waals surface area (Å²) in [6, 6.07) is 9.66. The Labute approximate surface area is 146 Å². The Morgan fingerprint density at radius 3 is 3.12 bits per heavy atom. The molecule has 0 saturated carbocycles. The second-order valence-electron chi connectivity index (χ2n) is 5.79. The average Bonchev–Trinajstić information content (AvgIpc) is 3.11. The number of nitrogens with zero attached hydrogens (tertiary/aromatic N) is 1. The summed E-state index contributed by atoms with van der Waals surface area (Å²) >= 11 is 1.74. The van der Waals surface area contributed by atoms with Gasteiger partial charge in [-0.2, -0.15) is 0 Å². The number of aromatic nitrogens is 1. The van der Waals surface area contributed by atoms with E-state index in [2.05, 4.69) is 21.7 Å². The maximum Gasteiger partial charge on any atom is 0.220 e. The SMILES string of the molecule is O=C(CCCc1cccs1)N[C@@H]1CCOC[C@H]1Oc1ccccn1. The molecule has 1 N–H and O–H groups in total. The lowest BCUT2D eigenvalue weighted by Gasteiger charge is -2.32. The van der Waals surface area contributed by atoms with E-state index in [1.165, 1.54) is 4.88 Å². The van der Waals surface area contributed by atoms with E-state index in [0.29, 0.717) is 25.5 Å². The topological polar surface area (TPSA) is 60.5 Å². The number of hydrogen-bond acceptors (Lipinski definition) is 5. The van der Waals surface area contributed by atoms with Crippen molar-refractivity contribution in [3.8, 4) is 5.88 Å². The number of carbonyl (C=O) groups excluding carboxylic acids is 1. The van der Waals surface area contributed by atoms with Gasteiger partial charge < -0.3 is 14.8 Å². The fourth-order valence-electron chi connectivity index (χ4n) is 2.72. The summed E-state index contributed by atoms with van der Waals surface area (Å²) in [6.07, 6.45) is 4.60. The Hall–Kier alpha value is -1.92. The van der Waals surface area contributed by atoms with Crippen molar-refractivity contribution in [3.05, 3.63) is 46.8 Å². The smallest absolute Gasteiger partial charge is 0.220 e. The van der Waals surface area contributed by atoms with Gasteiger partial charge >= 0.3 is 0 Å². The molecule has 0 bridgehead atoms. The van der Waals surface area contributed by atoms with Gasteiger partial charge in [-0.1, -0.05) is 12.1 Å². The van der Waals surface area contributed by atoms with Crippen LogP contribution < -0.4 is 10.1 Å². The first-order valence-electron chi connectivity index (χ1n) is 8.28. The van der Waals surface area contributed by atoms with Crippen molar-refractivity contribution in [1.29, 1.82) is 0 Å². The lowest BCUT2D eigenvalue weighted by Crippen LogP contribution is -2.51. The molecule has 1 saturated heterocycles. The number of hydrogen-bond donors (Lipinski definition) is 1. The Bertz CT molecular complexity index is 618. The summed E-state index contributed by atoms with van der Waals surface area (Å²) < 4.78 is 11.4. The molecule has 0 radical (unpaired) electrons. The van der Waals surface area contributed by atoms with E-state index in [-0.39, 0.29) is 18.1 Å². The van der Waals surface area contributed by atoms with Gasteiger partial charge in [-0.3, -0.25) is 4.79 Å². The molecule has 1 aliphatic heterocycles. The molecule has 0 spiro atoms. The third-order valence-electron chi connectivity index (χ3n) is 3.97. The first-order valence-corrected chi connectivity index (χ1v) is 9.16. The number of aryl methyl sites for hydroxylation is 1. The molecule has 2 aromatic heterocycles. The summed E-state index contributed by atoms with van der Waals surface area (Å²) in [5.41, 5.74) is 0. The van der Waals surface area contributed by atoms with Crippen LogP contribution >= 0.6 is 11.3 Å². The zero-order chi connectivity index (χ0) is 16.6. The van der Waals surface area contributed by atoms with Gasteiger partial charge in [0, 0.05) is 30.2 Å². The number of carbonyl (C=O) groups is 1. The van der Waals surface area contributed by atoms with Crippen LogP contribution in [0.1, 0.15) is 24.1 Å². The summed E-state index contributed by atoms with van der Waals surface area (Å²) in [7, 11) is 0. The average molecular weight is 346 g/mol. The Balaban J connectivity index is 1.47. The van der Waals surface area contributed by atoms with E-state index in [9.17, 15) is 4.79 Å². The quantitative estimate of drug-likeness (QED) is 0.837. The van der Waals surface area contributed by atoms with Crippen LogP contribution in [-0.2, 0) is 16.0 Å². The van der Waals surface area contributed by atoms with Crippen LogP contribution in [0.15, 0.2) is 41.9 Å². The number of thiophene rings is 1. The predicted octanol–water partition coefficient (Wildman–Crippen LogP) is 2.82. The number of amides is 1. The van der Waals surface area contributed by atoms with E-state index >= 15 is 0 Å². The van der Waals surface area contributed by atoms with E-state index in [1.807, 2.05) is 24.3 Å². The zero-order valence-corrected chi connectivity index (χ0v) is 14.3.